The summed E-state index contributed by atoms with van der Waals surface area (Å²) in [4.78, 5) is 2.34. The molecule has 7 heteroatoms. The number of halogens is 5. The van der Waals surface area contributed by atoms with Crippen LogP contribution < -0.4 is 5.32 Å². The molecular formula is C15H21Cl4FN2. The summed E-state index contributed by atoms with van der Waals surface area (Å²) in [6.45, 7) is 3.75. The van der Waals surface area contributed by atoms with Crippen LogP contribution in [0.2, 0.25) is 10.0 Å². The van der Waals surface area contributed by atoms with Crippen LogP contribution in [-0.2, 0) is 0 Å². The fourth-order valence-electron chi connectivity index (χ4n) is 2.96. The minimum absolute atomic E-state index is 0. The van der Waals surface area contributed by atoms with Crippen molar-refractivity contribution in [2.75, 3.05) is 26.2 Å². The molecule has 3 rings (SSSR count). The van der Waals surface area contributed by atoms with E-state index in [9.17, 15) is 4.39 Å². The summed E-state index contributed by atoms with van der Waals surface area (Å²) in [6, 6.07) is 3.30. The quantitative estimate of drug-likeness (QED) is 0.749. The lowest BCUT2D eigenvalue weighted by Gasteiger charge is -2.36. The lowest BCUT2D eigenvalue weighted by Crippen LogP contribution is -2.45. The van der Waals surface area contributed by atoms with Crippen LogP contribution in [0.25, 0.3) is 0 Å². The molecule has 0 radical (unpaired) electrons. The van der Waals surface area contributed by atoms with Crippen LogP contribution >= 0.6 is 48.0 Å². The molecule has 1 heterocycles. The van der Waals surface area contributed by atoms with E-state index in [4.69, 9.17) is 23.2 Å². The predicted octanol–water partition coefficient (Wildman–Crippen LogP) is 4.72. The molecule has 0 unspecified atom stereocenters. The van der Waals surface area contributed by atoms with Crippen molar-refractivity contribution >= 4 is 48.0 Å². The Labute approximate surface area is 153 Å². The topological polar surface area (TPSA) is 15.3 Å². The second-order valence-corrected chi connectivity index (χ2v) is 6.55. The van der Waals surface area contributed by atoms with Gasteiger partial charge in [0, 0.05) is 42.8 Å². The molecule has 2 fully saturated rings. The third kappa shape index (κ3) is 4.62. The van der Waals surface area contributed by atoms with Crippen molar-refractivity contribution in [3.8, 4) is 0 Å². The number of hydrogen-bond acceptors (Lipinski definition) is 2. The molecule has 126 valence electrons. The van der Waals surface area contributed by atoms with Gasteiger partial charge in [0.25, 0.3) is 0 Å². The summed E-state index contributed by atoms with van der Waals surface area (Å²) >= 11 is 12.2. The van der Waals surface area contributed by atoms with Crippen molar-refractivity contribution in [1.29, 1.82) is 0 Å². The summed E-state index contributed by atoms with van der Waals surface area (Å²) in [5.41, 5.74) is 0.591. The normalized spacial score (nSPS) is 20.0. The number of benzene rings is 1. The maximum atomic E-state index is 14.5. The molecule has 1 N–H and O–H groups in total. The summed E-state index contributed by atoms with van der Waals surface area (Å²) in [7, 11) is 0. The van der Waals surface area contributed by atoms with Crippen LogP contribution in [0.4, 0.5) is 4.39 Å². The van der Waals surface area contributed by atoms with Gasteiger partial charge in [-0.3, -0.25) is 4.90 Å². The number of nitrogens with zero attached hydrogens (tertiary/aromatic N) is 1. The maximum absolute atomic E-state index is 14.5. The van der Waals surface area contributed by atoms with Crippen LogP contribution in [0.5, 0.6) is 0 Å². The summed E-state index contributed by atoms with van der Waals surface area (Å²) in [5, 5.41) is 4.00. The Morgan fingerprint density at radius 3 is 2.32 bits per heavy atom. The van der Waals surface area contributed by atoms with E-state index in [2.05, 4.69) is 10.2 Å². The Balaban J connectivity index is 0.00000121. The van der Waals surface area contributed by atoms with Gasteiger partial charge in [0.2, 0.25) is 0 Å². The SMILES string of the molecule is Cl.Cl.Fc1c(Cl)ccc(Cl)c1[C@H](CC1CC1)N1CCNCC1. The molecule has 1 aliphatic heterocycles. The summed E-state index contributed by atoms with van der Waals surface area (Å²) in [6.07, 6.45) is 3.49. The highest BCUT2D eigenvalue weighted by Gasteiger charge is 2.33. The van der Waals surface area contributed by atoms with Gasteiger partial charge in [0.15, 0.2) is 0 Å². The molecule has 1 saturated carbocycles. The monoisotopic (exact) mass is 388 g/mol. The third-order valence-corrected chi connectivity index (χ3v) is 4.88. The van der Waals surface area contributed by atoms with E-state index in [0.29, 0.717) is 16.5 Å². The average molecular weight is 390 g/mol. The van der Waals surface area contributed by atoms with E-state index in [1.165, 1.54) is 18.9 Å². The molecule has 1 saturated heterocycles. The van der Waals surface area contributed by atoms with E-state index in [0.717, 1.165) is 32.6 Å². The molecule has 1 aromatic carbocycles. The summed E-state index contributed by atoms with van der Waals surface area (Å²) in [5.74, 6) is 0.368. The lowest BCUT2D eigenvalue weighted by molar-refractivity contribution is 0.157. The standard InChI is InChI=1S/C15H19Cl2FN2.2ClH/c16-11-3-4-12(17)15(18)14(11)13(9-10-1-2-10)20-7-5-19-6-8-20;;/h3-4,10,13,19H,1-2,5-9H2;2*1H/t13-;;/m0../s1. The van der Waals surface area contributed by atoms with Crippen LogP contribution in [0.15, 0.2) is 12.1 Å². The van der Waals surface area contributed by atoms with E-state index < -0.39 is 0 Å². The molecule has 22 heavy (non-hydrogen) atoms. The van der Waals surface area contributed by atoms with Crippen molar-refractivity contribution in [3.63, 3.8) is 0 Å². The van der Waals surface area contributed by atoms with Gasteiger partial charge in [0.1, 0.15) is 5.82 Å². The van der Waals surface area contributed by atoms with Gasteiger partial charge in [-0.25, -0.2) is 4.39 Å². The van der Waals surface area contributed by atoms with Gasteiger partial charge in [0.05, 0.1) is 5.02 Å². The number of hydrogen-bond donors (Lipinski definition) is 1. The highest BCUT2D eigenvalue weighted by molar-refractivity contribution is 6.33. The van der Waals surface area contributed by atoms with E-state index in [1.807, 2.05) is 0 Å². The van der Waals surface area contributed by atoms with Crippen molar-refractivity contribution in [2.45, 2.75) is 25.3 Å². The second kappa shape index (κ2) is 8.91. The Morgan fingerprint density at radius 1 is 1.14 bits per heavy atom. The molecule has 2 nitrogen and oxygen atoms in total. The van der Waals surface area contributed by atoms with Crippen molar-refractivity contribution in [3.05, 3.63) is 33.6 Å². The predicted molar refractivity (Wildman–Crippen MR) is 95.4 cm³/mol. The number of rotatable bonds is 4. The Morgan fingerprint density at radius 2 is 1.73 bits per heavy atom. The van der Waals surface area contributed by atoms with E-state index in [1.54, 1.807) is 6.07 Å². The summed E-state index contributed by atoms with van der Waals surface area (Å²) < 4.78 is 14.5. The fourth-order valence-corrected chi connectivity index (χ4v) is 3.40. The van der Waals surface area contributed by atoms with Crippen LogP contribution in [0, 0.1) is 11.7 Å². The fraction of sp³-hybridized carbons (Fsp3) is 0.600. The molecule has 0 aromatic heterocycles. The Hall–Kier alpha value is 0.230. The molecule has 2 aliphatic rings. The highest BCUT2D eigenvalue weighted by atomic mass is 35.5. The van der Waals surface area contributed by atoms with Gasteiger partial charge in [-0.05, 0) is 24.5 Å². The van der Waals surface area contributed by atoms with E-state index >= 15 is 0 Å². The minimum Gasteiger partial charge on any atom is -0.314 e. The number of piperazine rings is 1. The first kappa shape index (κ1) is 20.3. The zero-order valence-corrected chi connectivity index (χ0v) is 15.3. The molecule has 1 aromatic rings. The van der Waals surface area contributed by atoms with Crippen molar-refractivity contribution in [1.82, 2.24) is 10.2 Å². The third-order valence-electron chi connectivity index (χ3n) is 4.26. The smallest absolute Gasteiger partial charge is 0.148 e. The maximum Gasteiger partial charge on any atom is 0.148 e. The molecule has 0 spiro atoms. The Kier molecular flexibility index (Phi) is 8.21. The highest BCUT2D eigenvalue weighted by Crippen LogP contribution is 2.43. The van der Waals surface area contributed by atoms with Crippen LogP contribution in [0.1, 0.15) is 30.9 Å². The zero-order valence-electron chi connectivity index (χ0n) is 12.2. The minimum atomic E-state index is -0.344. The number of nitrogens with one attached hydrogen (secondary N) is 1. The van der Waals surface area contributed by atoms with Crippen molar-refractivity contribution in [2.24, 2.45) is 5.92 Å². The van der Waals surface area contributed by atoms with Gasteiger partial charge < -0.3 is 5.32 Å². The zero-order chi connectivity index (χ0) is 14.1. The first-order chi connectivity index (χ1) is 9.66. The van der Waals surface area contributed by atoms with Gasteiger partial charge in [-0.2, -0.15) is 0 Å². The molecule has 1 aliphatic carbocycles. The Bertz CT molecular complexity index is 491. The van der Waals surface area contributed by atoms with Crippen molar-refractivity contribution < 1.29 is 4.39 Å². The van der Waals surface area contributed by atoms with Gasteiger partial charge >= 0.3 is 0 Å². The second-order valence-electron chi connectivity index (χ2n) is 5.74. The average Bonchev–Trinajstić information content (AvgIpc) is 3.27. The lowest BCUT2D eigenvalue weighted by atomic mass is 9.98. The molecule has 0 amide bonds. The van der Waals surface area contributed by atoms with E-state index in [-0.39, 0.29) is 41.7 Å². The van der Waals surface area contributed by atoms with Gasteiger partial charge in [-0.1, -0.05) is 36.0 Å². The first-order valence-electron chi connectivity index (χ1n) is 7.25. The van der Waals surface area contributed by atoms with Gasteiger partial charge in [-0.15, -0.1) is 24.8 Å². The van der Waals surface area contributed by atoms with Crippen LogP contribution in [-0.4, -0.2) is 31.1 Å². The van der Waals surface area contributed by atoms with Crippen LogP contribution in [0.3, 0.4) is 0 Å². The molecule has 1 atom stereocenters. The first-order valence-corrected chi connectivity index (χ1v) is 8.00. The molecular weight excluding hydrogens is 369 g/mol. The largest absolute Gasteiger partial charge is 0.314 e. The molecule has 0 bridgehead atoms.